The Hall–Kier alpha value is -1.36. The maximum Gasteiger partial charge on any atom is 0.253 e. The zero-order valence-corrected chi connectivity index (χ0v) is 11.3. The Kier molecular flexibility index (Phi) is 4.01. The Labute approximate surface area is 111 Å². The Balaban J connectivity index is 2.00. The van der Waals surface area contributed by atoms with Gasteiger partial charge in [-0.1, -0.05) is 0 Å². The van der Waals surface area contributed by atoms with Gasteiger partial charge in [0, 0.05) is 22.7 Å². The molecule has 0 spiro atoms. The van der Waals surface area contributed by atoms with Crippen molar-refractivity contribution in [2.75, 3.05) is 17.7 Å². The zero-order chi connectivity index (χ0) is 13.1. The summed E-state index contributed by atoms with van der Waals surface area (Å²) in [6.45, 7) is 0. The van der Waals surface area contributed by atoms with E-state index in [4.69, 9.17) is 11.5 Å². The van der Waals surface area contributed by atoms with Crippen molar-refractivity contribution in [1.82, 2.24) is 5.32 Å². The van der Waals surface area contributed by atoms with E-state index in [1.54, 1.807) is 18.2 Å². The summed E-state index contributed by atoms with van der Waals surface area (Å²) in [5, 5.41) is 3.71. The van der Waals surface area contributed by atoms with Gasteiger partial charge in [-0.25, -0.2) is 0 Å². The first kappa shape index (κ1) is 13.1. The topological polar surface area (TPSA) is 81.1 Å². The fourth-order valence-electron chi connectivity index (χ4n) is 2.34. The van der Waals surface area contributed by atoms with Gasteiger partial charge in [0.25, 0.3) is 5.91 Å². The quantitative estimate of drug-likeness (QED) is 0.729. The number of hydrogen-bond acceptors (Lipinski definition) is 4. The Morgan fingerprint density at radius 3 is 2.78 bits per heavy atom. The first-order chi connectivity index (χ1) is 8.60. The highest BCUT2D eigenvalue weighted by Gasteiger charge is 2.25. The number of carbonyl (C=O) groups excluding carboxylic acids is 1. The summed E-state index contributed by atoms with van der Waals surface area (Å²) in [4.78, 5) is 12.1. The molecule has 0 aromatic heterocycles. The molecule has 5 heteroatoms. The summed E-state index contributed by atoms with van der Waals surface area (Å²) in [6.07, 6.45) is 5.38. The van der Waals surface area contributed by atoms with Crippen LogP contribution >= 0.6 is 11.8 Å². The molecule has 18 heavy (non-hydrogen) atoms. The van der Waals surface area contributed by atoms with E-state index in [0.29, 0.717) is 22.2 Å². The molecule has 1 amide bonds. The van der Waals surface area contributed by atoms with E-state index in [1.807, 2.05) is 11.8 Å². The number of benzene rings is 1. The van der Waals surface area contributed by atoms with Crippen molar-refractivity contribution in [1.29, 1.82) is 0 Å². The molecule has 2 atom stereocenters. The zero-order valence-electron chi connectivity index (χ0n) is 10.5. The second kappa shape index (κ2) is 5.52. The lowest BCUT2D eigenvalue weighted by Gasteiger charge is -2.14. The minimum Gasteiger partial charge on any atom is -0.399 e. The molecule has 4 nitrogen and oxygen atoms in total. The van der Waals surface area contributed by atoms with Crippen LogP contribution in [0.15, 0.2) is 18.2 Å². The highest BCUT2D eigenvalue weighted by Crippen LogP contribution is 2.28. The third-order valence-electron chi connectivity index (χ3n) is 3.37. The molecule has 1 aliphatic carbocycles. The van der Waals surface area contributed by atoms with E-state index < -0.39 is 0 Å². The number of anilines is 2. The van der Waals surface area contributed by atoms with Gasteiger partial charge >= 0.3 is 0 Å². The summed E-state index contributed by atoms with van der Waals surface area (Å²) in [7, 11) is 0. The summed E-state index contributed by atoms with van der Waals surface area (Å²) in [5.41, 5.74) is 12.9. The lowest BCUT2D eigenvalue weighted by molar-refractivity contribution is 0.0939. The summed E-state index contributed by atoms with van der Waals surface area (Å²) in [5.74, 6) is -0.0979. The predicted molar refractivity (Wildman–Crippen MR) is 77.7 cm³/mol. The van der Waals surface area contributed by atoms with Crippen LogP contribution in [-0.4, -0.2) is 23.5 Å². The van der Waals surface area contributed by atoms with E-state index in [0.717, 1.165) is 12.8 Å². The fourth-order valence-corrected chi connectivity index (χ4v) is 3.13. The van der Waals surface area contributed by atoms with E-state index in [1.165, 1.54) is 6.42 Å². The molecule has 5 N–H and O–H groups in total. The van der Waals surface area contributed by atoms with Crippen LogP contribution in [0, 0.1) is 0 Å². The molecular weight excluding hydrogens is 246 g/mol. The first-order valence-electron chi connectivity index (χ1n) is 6.09. The normalized spacial score (nSPS) is 22.9. The number of thioether (sulfide) groups is 1. The number of carbonyl (C=O) groups is 1. The first-order valence-corrected chi connectivity index (χ1v) is 7.37. The number of hydrogen-bond donors (Lipinski definition) is 3. The van der Waals surface area contributed by atoms with Crippen LogP contribution in [0.3, 0.4) is 0 Å². The molecule has 0 saturated heterocycles. The lowest BCUT2D eigenvalue weighted by Crippen LogP contribution is -2.33. The van der Waals surface area contributed by atoms with Crippen LogP contribution in [0.5, 0.6) is 0 Å². The number of nitrogens with one attached hydrogen (secondary N) is 1. The van der Waals surface area contributed by atoms with Crippen LogP contribution in [0.2, 0.25) is 0 Å². The van der Waals surface area contributed by atoms with E-state index >= 15 is 0 Å². The van der Waals surface area contributed by atoms with Crippen molar-refractivity contribution < 1.29 is 4.79 Å². The van der Waals surface area contributed by atoms with Crippen LogP contribution < -0.4 is 16.8 Å². The molecule has 1 aromatic rings. The largest absolute Gasteiger partial charge is 0.399 e. The number of amides is 1. The smallest absolute Gasteiger partial charge is 0.253 e. The van der Waals surface area contributed by atoms with Crippen molar-refractivity contribution >= 4 is 29.0 Å². The average Bonchev–Trinajstić information content (AvgIpc) is 2.76. The van der Waals surface area contributed by atoms with Gasteiger partial charge in [0.1, 0.15) is 0 Å². The van der Waals surface area contributed by atoms with Crippen LogP contribution in [0.4, 0.5) is 11.4 Å². The van der Waals surface area contributed by atoms with Gasteiger partial charge in [0.2, 0.25) is 0 Å². The van der Waals surface area contributed by atoms with Crippen molar-refractivity contribution in [3.63, 3.8) is 0 Å². The van der Waals surface area contributed by atoms with E-state index in [-0.39, 0.29) is 11.9 Å². The number of rotatable bonds is 3. The molecule has 0 aliphatic heterocycles. The summed E-state index contributed by atoms with van der Waals surface area (Å²) in [6, 6.07) is 5.27. The average molecular weight is 265 g/mol. The van der Waals surface area contributed by atoms with Crippen molar-refractivity contribution in [3.8, 4) is 0 Å². The maximum atomic E-state index is 12.1. The van der Waals surface area contributed by atoms with Crippen LogP contribution in [0.25, 0.3) is 0 Å². The van der Waals surface area contributed by atoms with Crippen molar-refractivity contribution in [2.24, 2.45) is 0 Å². The predicted octanol–water partition coefficient (Wildman–Crippen LogP) is 1.86. The number of nitrogens with two attached hydrogens (primary N) is 2. The van der Waals surface area contributed by atoms with Crippen LogP contribution in [-0.2, 0) is 0 Å². The Morgan fingerprint density at radius 2 is 2.17 bits per heavy atom. The molecule has 1 aliphatic rings. The van der Waals surface area contributed by atoms with Gasteiger partial charge < -0.3 is 16.8 Å². The third kappa shape index (κ3) is 2.90. The van der Waals surface area contributed by atoms with Gasteiger partial charge in [0.05, 0.1) is 5.56 Å². The molecule has 1 fully saturated rings. The summed E-state index contributed by atoms with van der Waals surface area (Å²) >= 11 is 1.87. The van der Waals surface area contributed by atoms with Gasteiger partial charge in [-0.15, -0.1) is 0 Å². The minimum absolute atomic E-state index is 0.0979. The van der Waals surface area contributed by atoms with Gasteiger partial charge in [-0.05, 0) is 43.7 Å². The maximum absolute atomic E-state index is 12.1. The van der Waals surface area contributed by atoms with E-state index in [9.17, 15) is 4.79 Å². The van der Waals surface area contributed by atoms with Gasteiger partial charge in [0.15, 0.2) is 0 Å². The lowest BCUT2D eigenvalue weighted by atomic mass is 10.1. The molecule has 1 saturated carbocycles. The second-order valence-corrected chi connectivity index (χ2v) is 5.83. The molecular formula is C13H19N3OS. The fraction of sp³-hybridized carbons (Fsp3) is 0.462. The SMILES string of the molecule is CSC1CCC(NC(=O)c2ccc(N)cc2N)C1. The van der Waals surface area contributed by atoms with Crippen molar-refractivity contribution in [3.05, 3.63) is 23.8 Å². The van der Waals surface area contributed by atoms with Gasteiger partial charge in [-0.2, -0.15) is 11.8 Å². The Bertz CT molecular complexity index is 450. The third-order valence-corrected chi connectivity index (χ3v) is 4.47. The summed E-state index contributed by atoms with van der Waals surface area (Å²) < 4.78 is 0. The van der Waals surface area contributed by atoms with Crippen LogP contribution in [0.1, 0.15) is 29.6 Å². The molecule has 1 aromatic carbocycles. The van der Waals surface area contributed by atoms with Crippen molar-refractivity contribution in [2.45, 2.75) is 30.6 Å². The number of nitrogen functional groups attached to an aromatic ring is 2. The molecule has 2 unspecified atom stereocenters. The van der Waals surface area contributed by atoms with Gasteiger partial charge in [-0.3, -0.25) is 4.79 Å². The van der Waals surface area contributed by atoms with E-state index in [2.05, 4.69) is 11.6 Å². The molecule has 0 radical (unpaired) electrons. The Morgan fingerprint density at radius 1 is 1.39 bits per heavy atom. The monoisotopic (exact) mass is 265 g/mol. The second-order valence-electron chi connectivity index (χ2n) is 4.69. The minimum atomic E-state index is -0.0979. The highest BCUT2D eigenvalue weighted by atomic mass is 32.2. The molecule has 2 rings (SSSR count). The highest BCUT2D eigenvalue weighted by molar-refractivity contribution is 7.99. The molecule has 98 valence electrons. The standard InChI is InChI=1S/C13H19N3OS/c1-18-10-4-3-9(7-10)16-13(17)11-5-2-8(14)6-12(11)15/h2,5-6,9-10H,3-4,7,14-15H2,1H3,(H,16,17). The molecule has 0 heterocycles. The molecule has 0 bridgehead atoms.